The highest BCUT2D eigenvalue weighted by atomic mass is 16.5. The molecular formula is C14H22N2O5. The predicted octanol–water partition coefficient (Wildman–Crippen LogP) is 0.878. The first kappa shape index (κ1) is 17.1. The third-order valence-corrected chi connectivity index (χ3v) is 2.71. The van der Waals surface area contributed by atoms with Gasteiger partial charge in [0.1, 0.15) is 13.2 Å². The van der Waals surface area contributed by atoms with Gasteiger partial charge < -0.3 is 30.0 Å². The van der Waals surface area contributed by atoms with Gasteiger partial charge in [-0.3, -0.25) is 4.79 Å². The quantitative estimate of drug-likeness (QED) is 0.623. The Hall–Kier alpha value is -1.99. The number of rotatable bonds is 10. The fourth-order valence-electron chi connectivity index (χ4n) is 1.67. The molecule has 1 aromatic carbocycles. The highest BCUT2D eigenvalue weighted by molar-refractivity contribution is 5.99. The van der Waals surface area contributed by atoms with Crippen molar-refractivity contribution in [2.45, 2.75) is 0 Å². The minimum absolute atomic E-state index is 0.337. The van der Waals surface area contributed by atoms with E-state index in [0.29, 0.717) is 49.2 Å². The van der Waals surface area contributed by atoms with E-state index >= 15 is 0 Å². The number of hydrogen-bond donors (Lipinski definition) is 2. The molecule has 0 saturated heterocycles. The first-order valence-electron chi connectivity index (χ1n) is 6.53. The van der Waals surface area contributed by atoms with Gasteiger partial charge in [-0.2, -0.15) is 0 Å². The molecule has 1 amide bonds. The molecule has 0 radical (unpaired) electrons. The van der Waals surface area contributed by atoms with Crippen LogP contribution in [0.2, 0.25) is 0 Å². The van der Waals surface area contributed by atoms with E-state index in [1.807, 2.05) is 0 Å². The van der Waals surface area contributed by atoms with Gasteiger partial charge in [-0.25, -0.2) is 0 Å². The van der Waals surface area contributed by atoms with Crippen molar-refractivity contribution >= 4 is 11.6 Å². The summed E-state index contributed by atoms with van der Waals surface area (Å²) in [7, 11) is 4.87. The van der Waals surface area contributed by atoms with Gasteiger partial charge >= 0.3 is 0 Å². The second kappa shape index (κ2) is 9.04. The van der Waals surface area contributed by atoms with Crippen LogP contribution in [0, 0.1) is 0 Å². The van der Waals surface area contributed by atoms with Crippen molar-refractivity contribution in [1.29, 1.82) is 0 Å². The molecule has 0 heterocycles. The number of benzene rings is 1. The van der Waals surface area contributed by atoms with Gasteiger partial charge in [-0.1, -0.05) is 0 Å². The number of carbonyl (C=O) groups is 1. The van der Waals surface area contributed by atoms with Crippen molar-refractivity contribution in [2.75, 3.05) is 53.0 Å². The molecular weight excluding hydrogens is 276 g/mol. The van der Waals surface area contributed by atoms with Crippen LogP contribution in [0.25, 0.3) is 0 Å². The Morgan fingerprint density at radius 1 is 1.05 bits per heavy atom. The molecule has 0 aliphatic rings. The molecule has 1 rings (SSSR count). The lowest BCUT2D eigenvalue weighted by molar-refractivity contribution is 0.1000. The Morgan fingerprint density at radius 2 is 1.57 bits per heavy atom. The van der Waals surface area contributed by atoms with Crippen molar-refractivity contribution in [3.8, 4) is 11.5 Å². The Morgan fingerprint density at radius 3 is 2.00 bits per heavy atom. The number of ether oxygens (including phenoxy) is 4. The van der Waals surface area contributed by atoms with Crippen LogP contribution >= 0.6 is 0 Å². The average Bonchev–Trinajstić information content (AvgIpc) is 2.48. The Bertz CT molecular complexity index is 465. The van der Waals surface area contributed by atoms with E-state index in [-0.39, 0.29) is 0 Å². The third-order valence-electron chi connectivity index (χ3n) is 2.71. The summed E-state index contributed by atoms with van der Waals surface area (Å²) in [6.07, 6.45) is 0. The van der Waals surface area contributed by atoms with E-state index in [4.69, 9.17) is 24.7 Å². The van der Waals surface area contributed by atoms with Gasteiger partial charge in [0.05, 0.1) is 24.5 Å². The van der Waals surface area contributed by atoms with Crippen LogP contribution in [0.15, 0.2) is 12.1 Å². The van der Waals surface area contributed by atoms with Gasteiger partial charge in [0, 0.05) is 27.3 Å². The van der Waals surface area contributed by atoms with E-state index in [9.17, 15) is 4.79 Å². The minimum atomic E-state index is -0.542. The van der Waals surface area contributed by atoms with E-state index in [2.05, 4.69) is 5.32 Å². The van der Waals surface area contributed by atoms with Crippen molar-refractivity contribution in [2.24, 2.45) is 5.73 Å². The second-order valence-electron chi connectivity index (χ2n) is 4.14. The zero-order valence-corrected chi connectivity index (χ0v) is 12.6. The summed E-state index contributed by atoms with van der Waals surface area (Å²) < 4.78 is 21.1. The molecule has 0 atom stereocenters. The average molecular weight is 298 g/mol. The Labute approximate surface area is 124 Å². The van der Waals surface area contributed by atoms with Crippen molar-refractivity contribution in [3.63, 3.8) is 0 Å². The molecule has 7 heteroatoms. The number of nitrogens with two attached hydrogens (primary N) is 1. The van der Waals surface area contributed by atoms with E-state index in [1.54, 1.807) is 33.4 Å². The zero-order valence-electron chi connectivity index (χ0n) is 12.6. The van der Waals surface area contributed by atoms with Gasteiger partial charge in [0.2, 0.25) is 0 Å². The molecule has 0 bridgehead atoms. The topological polar surface area (TPSA) is 92.0 Å². The van der Waals surface area contributed by atoms with Crippen molar-refractivity contribution < 1.29 is 23.7 Å². The van der Waals surface area contributed by atoms with Gasteiger partial charge in [0.25, 0.3) is 5.91 Å². The van der Waals surface area contributed by atoms with Gasteiger partial charge in [-0.05, 0) is 6.07 Å². The monoisotopic (exact) mass is 298 g/mol. The van der Waals surface area contributed by atoms with Gasteiger partial charge in [-0.15, -0.1) is 0 Å². The maximum Gasteiger partial charge on any atom is 0.250 e. The molecule has 0 aliphatic carbocycles. The molecule has 7 nitrogen and oxygen atoms in total. The highest BCUT2D eigenvalue weighted by Gasteiger charge is 2.15. The molecule has 0 aromatic heterocycles. The molecule has 21 heavy (non-hydrogen) atoms. The highest BCUT2D eigenvalue weighted by Crippen LogP contribution is 2.33. The summed E-state index contributed by atoms with van der Waals surface area (Å²) in [4.78, 5) is 11.5. The lowest BCUT2D eigenvalue weighted by Gasteiger charge is -2.16. The molecule has 118 valence electrons. The summed E-state index contributed by atoms with van der Waals surface area (Å²) in [5.41, 5.74) is 6.28. The number of methoxy groups -OCH3 is 2. The van der Waals surface area contributed by atoms with Crippen LogP contribution in [0.3, 0.4) is 0 Å². The smallest absolute Gasteiger partial charge is 0.250 e. The molecule has 0 aliphatic heterocycles. The van der Waals surface area contributed by atoms with Crippen LogP contribution in [-0.4, -0.2) is 53.6 Å². The molecule has 0 unspecified atom stereocenters. The normalized spacial score (nSPS) is 10.2. The van der Waals surface area contributed by atoms with E-state index in [0.717, 1.165) is 0 Å². The molecule has 0 fully saturated rings. The largest absolute Gasteiger partial charge is 0.487 e. The summed E-state index contributed by atoms with van der Waals surface area (Å²) in [5, 5.41) is 2.91. The fraction of sp³-hybridized carbons (Fsp3) is 0.500. The molecule has 1 aromatic rings. The molecule has 0 saturated carbocycles. The Balaban J connectivity index is 3.01. The maximum atomic E-state index is 11.5. The second-order valence-corrected chi connectivity index (χ2v) is 4.14. The maximum absolute atomic E-state index is 11.5. The number of amides is 1. The van der Waals surface area contributed by atoms with Crippen molar-refractivity contribution in [3.05, 3.63) is 17.7 Å². The zero-order chi connectivity index (χ0) is 15.7. The lowest BCUT2D eigenvalue weighted by Crippen LogP contribution is -2.15. The predicted molar refractivity (Wildman–Crippen MR) is 79.2 cm³/mol. The van der Waals surface area contributed by atoms with Crippen LogP contribution < -0.4 is 20.5 Å². The van der Waals surface area contributed by atoms with Crippen LogP contribution in [0.5, 0.6) is 11.5 Å². The fourth-order valence-corrected chi connectivity index (χ4v) is 1.67. The molecule has 0 spiro atoms. The summed E-state index contributed by atoms with van der Waals surface area (Å²) >= 11 is 0. The number of primary amides is 1. The molecule has 3 N–H and O–H groups in total. The summed E-state index contributed by atoms with van der Waals surface area (Å²) in [6.45, 7) is 1.59. The summed E-state index contributed by atoms with van der Waals surface area (Å²) in [6, 6.07) is 3.24. The third kappa shape index (κ3) is 5.13. The Kier molecular flexibility index (Phi) is 7.34. The SMILES string of the molecule is CNc1cc(OCCOC)c(OCCOC)cc1C(N)=O. The standard InChI is InChI=1S/C14H22N2O5/c1-16-11-9-13(21-7-5-19-3)12(20-6-4-18-2)8-10(11)14(15)17/h8-9,16H,4-7H2,1-3H3,(H2,15,17). The first-order valence-corrected chi connectivity index (χ1v) is 6.53. The van der Waals surface area contributed by atoms with Crippen LogP contribution in [0.4, 0.5) is 5.69 Å². The minimum Gasteiger partial charge on any atom is -0.487 e. The number of hydrogen-bond acceptors (Lipinski definition) is 6. The van der Waals surface area contributed by atoms with Crippen LogP contribution in [-0.2, 0) is 9.47 Å². The number of carbonyl (C=O) groups excluding carboxylic acids is 1. The lowest BCUT2D eigenvalue weighted by atomic mass is 10.1. The summed E-state index contributed by atoms with van der Waals surface area (Å²) in [5.74, 6) is 0.410. The van der Waals surface area contributed by atoms with E-state index in [1.165, 1.54) is 0 Å². The number of nitrogens with one attached hydrogen (secondary N) is 1. The van der Waals surface area contributed by atoms with Crippen LogP contribution in [0.1, 0.15) is 10.4 Å². The van der Waals surface area contributed by atoms with Crippen molar-refractivity contribution in [1.82, 2.24) is 0 Å². The first-order chi connectivity index (χ1) is 10.1. The van der Waals surface area contributed by atoms with Gasteiger partial charge in [0.15, 0.2) is 11.5 Å². The van der Waals surface area contributed by atoms with E-state index < -0.39 is 5.91 Å². The number of anilines is 1.